The number of thiazole rings is 1. The molecule has 0 atom stereocenters. The van der Waals surface area contributed by atoms with Crippen LogP contribution in [0.1, 0.15) is 10.7 Å². The second-order valence-electron chi connectivity index (χ2n) is 3.54. The molecule has 6 heteroatoms. The highest BCUT2D eigenvalue weighted by Gasteiger charge is 2.25. The molecule has 1 aliphatic rings. The van der Waals surface area contributed by atoms with E-state index in [2.05, 4.69) is 27.5 Å². The second kappa shape index (κ2) is 6.66. The minimum absolute atomic E-state index is 0. The van der Waals surface area contributed by atoms with Gasteiger partial charge in [0.05, 0.1) is 10.7 Å². The number of aromatic nitrogens is 1. The molecule has 1 aromatic rings. The molecule has 0 saturated carbocycles. The van der Waals surface area contributed by atoms with E-state index in [1.807, 2.05) is 7.05 Å². The third-order valence-electron chi connectivity index (χ3n) is 2.42. The van der Waals surface area contributed by atoms with Gasteiger partial charge in [0, 0.05) is 31.1 Å². The number of nitrogens with one attached hydrogen (secondary N) is 1. The second-order valence-corrected chi connectivity index (χ2v) is 4.60. The Labute approximate surface area is 107 Å². The summed E-state index contributed by atoms with van der Waals surface area (Å²) < 4.78 is 0. The number of likely N-dealkylation sites (tertiary alicyclic amines) is 1. The van der Waals surface area contributed by atoms with Gasteiger partial charge in [-0.3, -0.25) is 4.90 Å². The molecule has 2 rings (SSSR count). The molecule has 0 aromatic carbocycles. The number of halogens is 2. The zero-order chi connectivity index (χ0) is 9.26. The lowest BCUT2D eigenvalue weighted by Crippen LogP contribution is -2.56. The predicted molar refractivity (Wildman–Crippen MR) is 69.5 cm³/mol. The van der Waals surface area contributed by atoms with E-state index in [1.54, 1.807) is 11.3 Å². The lowest BCUT2D eigenvalue weighted by molar-refractivity contribution is 0.122. The smallest absolute Gasteiger partial charge is 0.0897 e. The summed E-state index contributed by atoms with van der Waals surface area (Å²) >= 11 is 1.73. The van der Waals surface area contributed by atoms with E-state index in [-0.39, 0.29) is 24.8 Å². The van der Waals surface area contributed by atoms with Crippen molar-refractivity contribution in [1.82, 2.24) is 15.2 Å². The lowest BCUT2D eigenvalue weighted by atomic mass is 10.1. The molecule has 0 spiro atoms. The van der Waals surface area contributed by atoms with Crippen molar-refractivity contribution >= 4 is 36.2 Å². The van der Waals surface area contributed by atoms with E-state index >= 15 is 0 Å². The van der Waals surface area contributed by atoms with Gasteiger partial charge in [0.15, 0.2) is 0 Å². The van der Waals surface area contributed by atoms with Gasteiger partial charge in [-0.15, -0.1) is 36.2 Å². The number of rotatable bonds is 3. The molecule has 0 bridgehead atoms. The molecule has 1 fully saturated rings. The van der Waals surface area contributed by atoms with Crippen LogP contribution in [0.25, 0.3) is 0 Å². The maximum Gasteiger partial charge on any atom is 0.0897 e. The molecule has 3 nitrogen and oxygen atoms in total. The van der Waals surface area contributed by atoms with Gasteiger partial charge in [-0.05, 0) is 14.0 Å². The van der Waals surface area contributed by atoms with E-state index in [4.69, 9.17) is 0 Å². The van der Waals surface area contributed by atoms with Gasteiger partial charge in [0.1, 0.15) is 0 Å². The average Bonchev–Trinajstić information content (AvgIpc) is 2.43. The Bertz CT molecular complexity index is 287. The van der Waals surface area contributed by atoms with Crippen LogP contribution < -0.4 is 5.32 Å². The molecule has 1 N–H and O–H groups in total. The van der Waals surface area contributed by atoms with Gasteiger partial charge in [-0.1, -0.05) is 0 Å². The van der Waals surface area contributed by atoms with Gasteiger partial charge in [0.25, 0.3) is 0 Å². The van der Waals surface area contributed by atoms with Crippen molar-refractivity contribution in [1.29, 1.82) is 0 Å². The van der Waals surface area contributed by atoms with Crippen molar-refractivity contribution in [3.63, 3.8) is 0 Å². The summed E-state index contributed by atoms with van der Waals surface area (Å²) in [6.07, 6.45) is 0. The third kappa shape index (κ3) is 3.89. The third-order valence-corrected chi connectivity index (χ3v) is 3.24. The molecule has 1 aromatic heterocycles. The van der Waals surface area contributed by atoms with E-state index in [9.17, 15) is 0 Å². The van der Waals surface area contributed by atoms with Gasteiger partial charge in [-0.25, -0.2) is 4.98 Å². The zero-order valence-corrected chi connectivity index (χ0v) is 11.3. The van der Waals surface area contributed by atoms with Crippen LogP contribution in [0.2, 0.25) is 0 Å². The molecular weight excluding hydrogens is 253 g/mol. The first-order valence-electron chi connectivity index (χ1n) is 4.58. The Kier molecular flexibility index (Phi) is 6.71. The van der Waals surface area contributed by atoms with Crippen molar-refractivity contribution < 1.29 is 0 Å². The molecule has 0 radical (unpaired) electrons. The number of hydrogen-bond acceptors (Lipinski definition) is 4. The van der Waals surface area contributed by atoms with Crippen LogP contribution in [0.15, 0.2) is 5.38 Å². The van der Waals surface area contributed by atoms with Crippen LogP contribution in [-0.2, 0) is 6.54 Å². The summed E-state index contributed by atoms with van der Waals surface area (Å²) in [5, 5.41) is 6.58. The fourth-order valence-corrected chi connectivity index (χ4v) is 2.20. The van der Waals surface area contributed by atoms with Crippen LogP contribution >= 0.6 is 36.2 Å². The van der Waals surface area contributed by atoms with Gasteiger partial charge >= 0.3 is 0 Å². The summed E-state index contributed by atoms with van der Waals surface area (Å²) in [6, 6.07) is 0.694. The van der Waals surface area contributed by atoms with Gasteiger partial charge in [0.2, 0.25) is 0 Å². The largest absolute Gasteiger partial charge is 0.315 e. The SMILES string of the molecule is CNC1CN(Cc2csc(C)n2)C1.Cl.Cl. The highest BCUT2D eigenvalue weighted by molar-refractivity contribution is 7.09. The first kappa shape index (κ1) is 15.1. The fraction of sp³-hybridized carbons (Fsp3) is 0.667. The summed E-state index contributed by atoms with van der Waals surface area (Å²) in [7, 11) is 2.02. The molecule has 1 aliphatic heterocycles. The van der Waals surface area contributed by atoms with Crippen molar-refractivity contribution in [3.8, 4) is 0 Å². The Balaban J connectivity index is 0.000000980. The van der Waals surface area contributed by atoms with Crippen LogP contribution in [0, 0.1) is 6.92 Å². The Morgan fingerprint density at radius 1 is 1.53 bits per heavy atom. The van der Waals surface area contributed by atoms with Gasteiger partial charge in [-0.2, -0.15) is 0 Å². The Hall–Kier alpha value is 0.130. The first-order valence-corrected chi connectivity index (χ1v) is 5.46. The maximum absolute atomic E-state index is 4.44. The van der Waals surface area contributed by atoms with Crippen molar-refractivity contribution in [3.05, 3.63) is 16.1 Å². The number of likely N-dealkylation sites (N-methyl/N-ethyl adjacent to an activating group) is 1. The first-order chi connectivity index (χ1) is 6.28. The van der Waals surface area contributed by atoms with E-state index < -0.39 is 0 Å². The molecule has 1 saturated heterocycles. The molecular formula is C9H17Cl2N3S. The quantitative estimate of drug-likeness (QED) is 0.906. The monoisotopic (exact) mass is 269 g/mol. The topological polar surface area (TPSA) is 28.2 Å². The Morgan fingerprint density at radius 3 is 2.67 bits per heavy atom. The highest BCUT2D eigenvalue weighted by Crippen LogP contribution is 2.14. The summed E-state index contributed by atoms with van der Waals surface area (Å²) in [6.45, 7) is 5.39. The van der Waals surface area contributed by atoms with Crippen LogP contribution in [0.4, 0.5) is 0 Å². The molecule has 15 heavy (non-hydrogen) atoms. The van der Waals surface area contributed by atoms with Crippen LogP contribution in [0.5, 0.6) is 0 Å². The predicted octanol–water partition coefficient (Wildman–Crippen LogP) is 1.70. The molecule has 0 unspecified atom stereocenters. The zero-order valence-electron chi connectivity index (χ0n) is 8.90. The van der Waals surface area contributed by atoms with E-state index in [1.165, 1.54) is 10.7 Å². The number of aryl methyl sites for hydroxylation is 1. The summed E-state index contributed by atoms with van der Waals surface area (Å²) in [4.78, 5) is 6.85. The van der Waals surface area contributed by atoms with Crippen molar-refractivity contribution in [2.24, 2.45) is 0 Å². The maximum atomic E-state index is 4.44. The van der Waals surface area contributed by atoms with Crippen molar-refractivity contribution in [2.45, 2.75) is 19.5 Å². The minimum atomic E-state index is 0. The van der Waals surface area contributed by atoms with E-state index in [0.29, 0.717) is 6.04 Å². The fourth-order valence-electron chi connectivity index (χ4n) is 1.59. The average molecular weight is 270 g/mol. The summed E-state index contributed by atoms with van der Waals surface area (Å²) in [5.74, 6) is 0. The highest BCUT2D eigenvalue weighted by atomic mass is 35.5. The summed E-state index contributed by atoms with van der Waals surface area (Å²) in [5.41, 5.74) is 1.22. The van der Waals surface area contributed by atoms with Gasteiger partial charge < -0.3 is 5.32 Å². The number of nitrogens with zero attached hydrogens (tertiary/aromatic N) is 2. The molecule has 0 amide bonds. The van der Waals surface area contributed by atoms with Crippen LogP contribution in [-0.4, -0.2) is 36.1 Å². The standard InChI is InChI=1S/C9H15N3S.2ClH/c1-7-11-9(6-13-7)5-12-3-8(4-12)10-2;;/h6,8,10H,3-5H2,1-2H3;2*1H. The Morgan fingerprint density at radius 2 is 2.20 bits per heavy atom. The van der Waals surface area contributed by atoms with Crippen LogP contribution in [0.3, 0.4) is 0 Å². The lowest BCUT2D eigenvalue weighted by Gasteiger charge is -2.38. The molecule has 0 aliphatic carbocycles. The minimum Gasteiger partial charge on any atom is -0.315 e. The molecule has 2 heterocycles. The van der Waals surface area contributed by atoms with E-state index in [0.717, 1.165) is 19.6 Å². The molecule has 88 valence electrons. The normalized spacial score (nSPS) is 16.4. The number of hydrogen-bond donors (Lipinski definition) is 1. The van der Waals surface area contributed by atoms with Crippen molar-refractivity contribution in [2.75, 3.05) is 20.1 Å².